The normalized spacial score (nSPS) is 11.0. The van der Waals surface area contributed by atoms with Crippen LogP contribution in [0, 0.1) is 0 Å². The van der Waals surface area contributed by atoms with Crippen molar-refractivity contribution in [3.8, 4) is 0 Å². The Bertz CT molecular complexity index is 717. The van der Waals surface area contributed by atoms with E-state index in [0.717, 1.165) is 11.1 Å². The van der Waals surface area contributed by atoms with E-state index < -0.39 is 11.6 Å². The van der Waals surface area contributed by atoms with Gasteiger partial charge in [0.15, 0.2) is 5.66 Å². The van der Waals surface area contributed by atoms with E-state index in [9.17, 15) is 9.59 Å². The summed E-state index contributed by atoms with van der Waals surface area (Å²) >= 11 is 0. The van der Waals surface area contributed by atoms with Gasteiger partial charge in [-0.1, -0.05) is 60.7 Å². The lowest BCUT2D eigenvalue weighted by Crippen LogP contribution is -2.57. The SMILES string of the molecule is NC(N)(CCCCC(=O)OCc1ccccc1)C(=O)OCc1ccccc1. The fourth-order valence-corrected chi connectivity index (χ4v) is 2.46. The number of ether oxygens (including phenoxy) is 2. The minimum absolute atomic E-state index is 0.127. The minimum Gasteiger partial charge on any atom is -0.461 e. The molecule has 0 aliphatic heterocycles. The molecule has 0 atom stereocenters. The Hall–Kier alpha value is -2.70. The summed E-state index contributed by atoms with van der Waals surface area (Å²) in [6.45, 7) is 0.380. The smallest absolute Gasteiger partial charge is 0.341 e. The third kappa shape index (κ3) is 7.60. The molecule has 27 heavy (non-hydrogen) atoms. The molecule has 0 aromatic heterocycles. The number of rotatable bonds is 10. The Balaban J connectivity index is 1.62. The fourth-order valence-electron chi connectivity index (χ4n) is 2.46. The predicted molar refractivity (Wildman–Crippen MR) is 102 cm³/mol. The number of benzene rings is 2. The van der Waals surface area contributed by atoms with Gasteiger partial charge in [-0.3, -0.25) is 4.79 Å². The van der Waals surface area contributed by atoms with Crippen LogP contribution in [0.15, 0.2) is 60.7 Å². The average Bonchev–Trinajstić information content (AvgIpc) is 2.69. The van der Waals surface area contributed by atoms with Crippen LogP contribution >= 0.6 is 0 Å². The maximum Gasteiger partial charge on any atom is 0.341 e. The molecule has 144 valence electrons. The Labute approximate surface area is 159 Å². The van der Waals surface area contributed by atoms with Crippen molar-refractivity contribution >= 4 is 11.9 Å². The number of nitrogens with two attached hydrogens (primary N) is 2. The van der Waals surface area contributed by atoms with Gasteiger partial charge in [0.05, 0.1) is 0 Å². The maximum absolute atomic E-state index is 12.1. The third-order valence-electron chi connectivity index (χ3n) is 4.06. The van der Waals surface area contributed by atoms with Crippen LogP contribution in [0.2, 0.25) is 0 Å². The molecule has 0 radical (unpaired) electrons. The van der Waals surface area contributed by atoms with Crippen LogP contribution in [0.3, 0.4) is 0 Å². The Morgan fingerprint density at radius 1 is 0.778 bits per heavy atom. The highest BCUT2D eigenvalue weighted by molar-refractivity contribution is 5.79. The fraction of sp³-hybridized carbons (Fsp3) is 0.333. The predicted octanol–water partition coefficient (Wildman–Crippen LogP) is 2.65. The Morgan fingerprint density at radius 2 is 1.30 bits per heavy atom. The van der Waals surface area contributed by atoms with Crippen molar-refractivity contribution in [1.82, 2.24) is 0 Å². The number of esters is 2. The van der Waals surface area contributed by atoms with Gasteiger partial charge in [-0.05, 0) is 30.4 Å². The van der Waals surface area contributed by atoms with E-state index in [4.69, 9.17) is 20.9 Å². The van der Waals surface area contributed by atoms with Gasteiger partial charge in [0.1, 0.15) is 13.2 Å². The molecule has 6 nitrogen and oxygen atoms in total. The van der Waals surface area contributed by atoms with Crippen molar-refractivity contribution < 1.29 is 19.1 Å². The molecule has 0 fully saturated rings. The molecule has 0 aliphatic rings. The molecule has 6 heteroatoms. The molecule has 0 amide bonds. The van der Waals surface area contributed by atoms with Gasteiger partial charge in [0, 0.05) is 6.42 Å². The molecule has 0 aliphatic carbocycles. The zero-order chi connectivity index (χ0) is 19.5. The van der Waals surface area contributed by atoms with Gasteiger partial charge in [-0.2, -0.15) is 0 Å². The molecule has 0 unspecified atom stereocenters. The summed E-state index contributed by atoms with van der Waals surface area (Å²) in [4.78, 5) is 23.8. The number of unbranched alkanes of at least 4 members (excludes halogenated alkanes) is 1. The summed E-state index contributed by atoms with van der Waals surface area (Å²) < 4.78 is 10.4. The number of hydrogen-bond acceptors (Lipinski definition) is 6. The average molecular weight is 370 g/mol. The van der Waals surface area contributed by atoms with Gasteiger partial charge >= 0.3 is 11.9 Å². The lowest BCUT2D eigenvalue weighted by molar-refractivity contribution is -0.151. The monoisotopic (exact) mass is 370 g/mol. The van der Waals surface area contributed by atoms with Gasteiger partial charge in [-0.15, -0.1) is 0 Å². The summed E-state index contributed by atoms with van der Waals surface area (Å²) in [6.07, 6.45) is 1.54. The first-order valence-electron chi connectivity index (χ1n) is 8.96. The molecule has 2 aromatic carbocycles. The molecular weight excluding hydrogens is 344 g/mol. The highest BCUT2D eigenvalue weighted by Crippen LogP contribution is 2.12. The van der Waals surface area contributed by atoms with Crippen molar-refractivity contribution in [2.24, 2.45) is 11.5 Å². The molecule has 0 bridgehead atoms. The summed E-state index contributed by atoms with van der Waals surface area (Å²) in [5.41, 5.74) is 12.0. The molecule has 2 rings (SSSR count). The zero-order valence-corrected chi connectivity index (χ0v) is 15.3. The molecular formula is C21H26N2O4. The Kier molecular flexibility index (Phi) is 7.98. The van der Waals surface area contributed by atoms with Crippen LogP contribution in [0.25, 0.3) is 0 Å². The van der Waals surface area contributed by atoms with Crippen molar-refractivity contribution in [1.29, 1.82) is 0 Å². The second kappa shape index (κ2) is 10.4. The lowest BCUT2D eigenvalue weighted by Gasteiger charge is -2.22. The standard InChI is InChI=1S/C21H26N2O4/c22-21(23,20(25)27-16-18-11-5-2-6-12-18)14-8-7-13-19(24)26-15-17-9-3-1-4-10-17/h1-6,9-12H,7-8,13-16,22-23H2. The molecule has 0 heterocycles. The van der Waals surface area contributed by atoms with Crippen LogP contribution in [-0.4, -0.2) is 17.6 Å². The van der Waals surface area contributed by atoms with Gasteiger partial charge in [0.25, 0.3) is 0 Å². The maximum atomic E-state index is 12.1. The molecule has 0 saturated carbocycles. The molecule has 0 saturated heterocycles. The largest absolute Gasteiger partial charge is 0.461 e. The molecule has 4 N–H and O–H groups in total. The first-order chi connectivity index (χ1) is 13.0. The first kappa shape index (κ1) is 20.6. The summed E-state index contributed by atoms with van der Waals surface area (Å²) in [7, 11) is 0. The van der Waals surface area contributed by atoms with Crippen LogP contribution in [-0.2, 0) is 32.3 Å². The van der Waals surface area contributed by atoms with Crippen LogP contribution < -0.4 is 11.5 Å². The topological polar surface area (TPSA) is 105 Å². The summed E-state index contributed by atoms with van der Waals surface area (Å²) in [5, 5.41) is 0. The van der Waals surface area contributed by atoms with Crippen molar-refractivity contribution in [3.63, 3.8) is 0 Å². The van der Waals surface area contributed by atoms with E-state index in [1.165, 1.54) is 0 Å². The number of carbonyl (C=O) groups is 2. The highest BCUT2D eigenvalue weighted by atomic mass is 16.5. The van der Waals surface area contributed by atoms with Crippen molar-refractivity contribution in [3.05, 3.63) is 71.8 Å². The van der Waals surface area contributed by atoms with E-state index in [-0.39, 0.29) is 32.0 Å². The van der Waals surface area contributed by atoms with Crippen molar-refractivity contribution in [2.75, 3.05) is 0 Å². The second-order valence-electron chi connectivity index (χ2n) is 6.46. The van der Waals surface area contributed by atoms with E-state index in [0.29, 0.717) is 12.8 Å². The Morgan fingerprint density at radius 3 is 1.85 bits per heavy atom. The van der Waals surface area contributed by atoms with Gasteiger partial charge in [0.2, 0.25) is 0 Å². The van der Waals surface area contributed by atoms with Gasteiger partial charge < -0.3 is 20.9 Å². The minimum atomic E-state index is -1.57. The van der Waals surface area contributed by atoms with E-state index in [2.05, 4.69) is 0 Å². The van der Waals surface area contributed by atoms with Crippen LogP contribution in [0.4, 0.5) is 0 Å². The molecule has 2 aromatic rings. The first-order valence-corrected chi connectivity index (χ1v) is 8.96. The van der Waals surface area contributed by atoms with Crippen LogP contribution in [0.5, 0.6) is 0 Å². The third-order valence-corrected chi connectivity index (χ3v) is 4.06. The summed E-state index contributed by atoms with van der Waals surface area (Å²) in [5.74, 6) is -0.942. The lowest BCUT2D eigenvalue weighted by atomic mass is 10.0. The van der Waals surface area contributed by atoms with E-state index in [1.54, 1.807) is 0 Å². The number of hydrogen-bond donors (Lipinski definition) is 2. The highest BCUT2D eigenvalue weighted by Gasteiger charge is 2.30. The van der Waals surface area contributed by atoms with Crippen LogP contribution in [0.1, 0.15) is 36.8 Å². The van der Waals surface area contributed by atoms with E-state index in [1.807, 2.05) is 60.7 Å². The second-order valence-corrected chi connectivity index (χ2v) is 6.46. The van der Waals surface area contributed by atoms with Gasteiger partial charge in [-0.25, -0.2) is 4.79 Å². The zero-order valence-electron chi connectivity index (χ0n) is 15.3. The van der Waals surface area contributed by atoms with Crippen molar-refractivity contribution in [2.45, 2.75) is 44.6 Å². The quantitative estimate of drug-likeness (QED) is 0.378. The molecule has 0 spiro atoms. The summed E-state index contributed by atoms with van der Waals surface area (Å²) in [6, 6.07) is 18.8. The van der Waals surface area contributed by atoms with E-state index >= 15 is 0 Å². The number of carbonyl (C=O) groups excluding carboxylic acids is 2.